The summed E-state index contributed by atoms with van der Waals surface area (Å²) in [5.41, 5.74) is 19.0. The Labute approximate surface area is 308 Å². The summed E-state index contributed by atoms with van der Waals surface area (Å²) < 4.78 is 0. The molecular weight excluding hydrogens is 629 g/mol. The molecule has 4 aromatic rings. The molecule has 0 bridgehead atoms. The molecule has 2 nitrogen and oxygen atoms in total. The van der Waals surface area contributed by atoms with E-state index in [9.17, 15) is 0 Å². The summed E-state index contributed by atoms with van der Waals surface area (Å²) in [5, 5.41) is 3.91. The van der Waals surface area contributed by atoms with Gasteiger partial charge in [-0.25, -0.2) is 0 Å². The molecule has 0 aliphatic heterocycles. The van der Waals surface area contributed by atoms with E-state index in [2.05, 4.69) is 189 Å². The van der Waals surface area contributed by atoms with Gasteiger partial charge in [0.15, 0.2) is 0 Å². The standard InChI is InChI=1S/C50H44N2/c1-49(2,3)33-16-15-24-39-38-23-13-14-25-43(38)50(45(39)30-33)44-29-27-37(52(35-19-9-5-10-20-35)36-21-11-6-12-22-36)26-28-40(44)48-42-31-41(42)47(32-46(48)50)51-34-17-7-4-8-18-34/h4-23,25-28,30,32,41-42,51H,24,29,31H2,1-3H3. The number of anilines is 3. The van der Waals surface area contributed by atoms with Crippen LogP contribution in [0.5, 0.6) is 0 Å². The molecule has 2 heteroatoms. The largest absolute Gasteiger partial charge is 0.359 e. The van der Waals surface area contributed by atoms with Crippen molar-refractivity contribution in [3.05, 3.63) is 214 Å². The van der Waals surface area contributed by atoms with Gasteiger partial charge in [0.2, 0.25) is 0 Å². The minimum absolute atomic E-state index is 0.0221. The smallest absolute Gasteiger partial charge is 0.0685 e. The van der Waals surface area contributed by atoms with Gasteiger partial charge in [-0.15, -0.1) is 0 Å². The molecule has 0 amide bonds. The fourth-order valence-corrected chi connectivity index (χ4v) is 9.66. The van der Waals surface area contributed by atoms with Crippen molar-refractivity contribution in [3.8, 4) is 0 Å². The van der Waals surface area contributed by atoms with Crippen molar-refractivity contribution in [2.75, 3.05) is 10.2 Å². The summed E-state index contributed by atoms with van der Waals surface area (Å²) in [7, 11) is 0. The first-order valence-electron chi connectivity index (χ1n) is 19.0. The van der Waals surface area contributed by atoms with Gasteiger partial charge < -0.3 is 10.2 Å². The van der Waals surface area contributed by atoms with Crippen molar-refractivity contribution in [2.45, 2.75) is 45.4 Å². The Kier molecular flexibility index (Phi) is 7.02. The molecule has 0 heterocycles. The van der Waals surface area contributed by atoms with E-state index in [0.29, 0.717) is 11.8 Å². The van der Waals surface area contributed by atoms with Crippen molar-refractivity contribution < 1.29 is 0 Å². The van der Waals surface area contributed by atoms with E-state index in [0.717, 1.165) is 12.8 Å². The first-order chi connectivity index (χ1) is 25.4. The second kappa shape index (κ2) is 11.7. The van der Waals surface area contributed by atoms with Gasteiger partial charge >= 0.3 is 0 Å². The third-order valence-corrected chi connectivity index (χ3v) is 12.1. The number of nitrogens with zero attached hydrogens (tertiary/aromatic N) is 1. The van der Waals surface area contributed by atoms with Crippen molar-refractivity contribution >= 4 is 22.6 Å². The summed E-state index contributed by atoms with van der Waals surface area (Å²) in [6.45, 7) is 7.07. The van der Waals surface area contributed by atoms with Crippen LogP contribution in [-0.2, 0) is 5.41 Å². The van der Waals surface area contributed by atoms with Gasteiger partial charge in [0.05, 0.1) is 5.41 Å². The summed E-state index contributed by atoms with van der Waals surface area (Å²) in [4.78, 5) is 2.42. The van der Waals surface area contributed by atoms with E-state index in [1.165, 1.54) is 79.4 Å². The molecule has 3 unspecified atom stereocenters. The Morgan fingerprint density at radius 1 is 0.673 bits per heavy atom. The van der Waals surface area contributed by atoms with E-state index in [1.807, 2.05) is 0 Å². The van der Waals surface area contributed by atoms with E-state index in [1.54, 1.807) is 5.57 Å². The third kappa shape index (κ3) is 4.70. The van der Waals surface area contributed by atoms with E-state index in [-0.39, 0.29) is 10.8 Å². The van der Waals surface area contributed by atoms with Crippen molar-refractivity contribution in [1.29, 1.82) is 0 Å². The number of para-hydroxylation sites is 3. The average Bonchev–Trinajstić information content (AvgIpc) is 3.95. The zero-order chi connectivity index (χ0) is 35.0. The second-order valence-electron chi connectivity index (χ2n) is 16.1. The fourth-order valence-electron chi connectivity index (χ4n) is 9.66. The molecule has 0 saturated heterocycles. The Morgan fingerprint density at radius 3 is 2.06 bits per heavy atom. The first-order valence-corrected chi connectivity index (χ1v) is 19.0. The maximum absolute atomic E-state index is 3.91. The quantitative estimate of drug-likeness (QED) is 0.227. The highest BCUT2D eigenvalue weighted by Gasteiger charge is 2.59. The minimum atomic E-state index is -0.364. The van der Waals surface area contributed by atoms with Crippen LogP contribution in [0.15, 0.2) is 203 Å². The van der Waals surface area contributed by atoms with Gasteiger partial charge in [0, 0.05) is 34.4 Å². The van der Waals surface area contributed by atoms with Crippen LogP contribution in [0.1, 0.15) is 51.2 Å². The Hall–Kier alpha value is -5.60. The van der Waals surface area contributed by atoms with Gasteiger partial charge in [-0.1, -0.05) is 130 Å². The molecule has 4 aromatic carbocycles. The van der Waals surface area contributed by atoms with Crippen molar-refractivity contribution in [3.63, 3.8) is 0 Å². The van der Waals surface area contributed by atoms with Crippen LogP contribution in [0.2, 0.25) is 0 Å². The van der Waals surface area contributed by atoms with Crippen LogP contribution in [0.3, 0.4) is 0 Å². The molecule has 3 atom stereocenters. The van der Waals surface area contributed by atoms with Crippen LogP contribution in [0.25, 0.3) is 5.57 Å². The van der Waals surface area contributed by atoms with Crippen molar-refractivity contribution in [1.82, 2.24) is 0 Å². The lowest BCUT2D eigenvalue weighted by atomic mass is 9.65. The summed E-state index contributed by atoms with van der Waals surface area (Å²) >= 11 is 0. The normalized spacial score (nSPS) is 23.9. The number of nitrogens with one attached hydrogen (secondary N) is 1. The number of rotatable bonds is 5. The monoisotopic (exact) mass is 672 g/mol. The first kappa shape index (κ1) is 31.2. The Balaban J connectivity index is 1.21. The fraction of sp³-hybridized carbons (Fsp3) is 0.200. The SMILES string of the molecule is CC(C)(C)C1=CC2=C(CC=C1)c1ccccc1C21C2=C(C3=C1CC=C(N(c1ccccc1)c1ccccc1)C=C3)C1CC1C(Nc1ccccc1)=C2. The summed E-state index contributed by atoms with van der Waals surface area (Å²) in [5.74, 6) is 1.02. The van der Waals surface area contributed by atoms with Crippen LogP contribution < -0.4 is 10.2 Å². The highest BCUT2D eigenvalue weighted by atomic mass is 15.1. The predicted octanol–water partition coefficient (Wildman–Crippen LogP) is 12.6. The molecule has 0 aromatic heterocycles. The number of hydrogen-bond donors (Lipinski definition) is 1. The molecule has 10 rings (SSSR count). The van der Waals surface area contributed by atoms with E-state index < -0.39 is 0 Å². The van der Waals surface area contributed by atoms with Crippen LogP contribution in [0.4, 0.5) is 17.1 Å². The maximum Gasteiger partial charge on any atom is 0.0685 e. The molecule has 1 N–H and O–H groups in total. The van der Waals surface area contributed by atoms with Gasteiger partial charge in [-0.3, -0.25) is 0 Å². The molecule has 6 aliphatic rings. The minimum Gasteiger partial charge on any atom is -0.359 e. The third-order valence-electron chi connectivity index (χ3n) is 12.1. The van der Waals surface area contributed by atoms with Gasteiger partial charge in [0.25, 0.3) is 0 Å². The molecule has 52 heavy (non-hydrogen) atoms. The maximum atomic E-state index is 3.91. The lowest BCUT2D eigenvalue weighted by Gasteiger charge is -2.37. The Bertz CT molecular complexity index is 2330. The number of benzene rings is 4. The molecule has 1 saturated carbocycles. The van der Waals surface area contributed by atoms with Gasteiger partial charge in [0.1, 0.15) is 0 Å². The lowest BCUT2D eigenvalue weighted by molar-refractivity contribution is 0.515. The lowest BCUT2D eigenvalue weighted by Crippen LogP contribution is -2.30. The summed E-state index contributed by atoms with van der Waals surface area (Å²) in [6.07, 6.45) is 20.4. The van der Waals surface area contributed by atoms with Crippen LogP contribution in [-0.4, -0.2) is 0 Å². The van der Waals surface area contributed by atoms with Gasteiger partial charge in [-0.05, 0) is 129 Å². The zero-order valence-corrected chi connectivity index (χ0v) is 30.2. The number of allylic oxidation sites excluding steroid dienone is 15. The molecule has 0 radical (unpaired) electrons. The number of hydrogen-bond acceptors (Lipinski definition) is 2. The highest BCUT2D eigenvalue weighted by Crippen LogP contribution is 2.69. The highest BCUT2D eigenvalue weighted by molar-refractivity contribution is 5.92. The van der Waals surface area contributed by atoms with Crippen LogP contribution in [0, 0.1) is 17.3 Å². The van der Waals surface area contributed by atoms with Crippen LogP contribution >= 0.6 is 0 Å². The number of fused-ring (bicyclic) bond motifs is 9. The molecular formula is C50H44N2. The molecule has 6 aliphatic carbocycles. The topological polar surface area (TPSA) is 15.3 Å². The Morgan fingerprint density at radius 2 is 1.35 bits per heavy atom. The van der Waals surface area contributed by atoms with E-state index in [4.69, 9.17) is 0 Å². The second-order valence-corrected chi connectivity index (χ2v) is 16.1. The van der Waals surface area contributed by atoms with Gasteiger partial charge in [-0.2, -0.15) is 0 Å². The predicted molar refractivity (Wildman–Crippen MR) is 217 cm³/mol. The average molecular weight is 673 g/mol. The molecule has 254 valence electrons. The molecule has 1 spiro atoms. The van der Waals surface area contributed by atoms with Crippen molar-refractivity contribution in [2.24, 2.45) is 17.3 Å². The summed E-state index contributed by atoms with van der Waals surface area (Å²) in [6, 6.07) is 41.7. The zero-order valence-electron chi connectivity index (χ0n) is 30.2. The van der Waals surface area contributed by atoms with E-state index >= 15 is 0 Å². The molecule has 1 fully saturated rings.